The molecule has 1 aliphatic heterocycles. The van der Waals surface area contributed by atoms with E-state index in [1.54, 1.807) is 0 Å². The number of halogens is 1. The molecule has 0 bridgehead atoms. The van der Waals surface area contributed by atoms with E-state index in [4.69, 9.17) is 10.5 Å². The molecule has 1 aliphatic rings. The minimum absolute atomic E-state index is 0.205. The molecule has 1 fully saturated rings. The van der Waals surface area contributed by atoms with Gasteiger partial charge in [-0.2, -0.15) is 4.31 Å². The van der Waals surface area contributed by atoms with Crippen LogP contribution in [-0.2, 0) is 19.6 Å². The Morgan fingerprint density at radius 1 is 1.29 bits per heavy atom. The van der Waals surface area contributed by atoms with Crippen molar-refractivity contribution in [3.63, 3.8) is 0 Å². The SMILES string of the molecule is COc1c(N)cc(S(=O)(=O)N2CC(=O)NC(=O)C2)cc1F. The van der Waals surface area contributed by atoms with Crippen molar-refractivity contribution < 1.29 is 27.1 Å². The van der Waals surface area contributed by atoms with Gasteiger partial charge in [-0.25, -0.2) is 12.8 Å². The molecule has 0 saturated carbocycles. The highest BCUT2D eigenvalue weighted by Crippen LogP contribution is 2.29. The quantitative estimate of drug-likeness (QED) is 0.549. The van der Waals surface area contributed by atoms with Crippen LogP contribution in [0.3, 0.4) is 0 Å². The van der Waals surface area contributed by atoms with Gasteiger partial charge in [0.2, 0.25) is 21.8 Å². The molecule has 1 heterocycles. The maximum absolute atomic E-state index is 13.7. The number of nitrogens with one attached hydrogen (secondary N) is 1. The molecule has 0 unspecified atom stereocenters. The topological polar surface area (TPSA) is 119 Å². The van der Waals surface area contributed by atoms with E-state index < -0.39 is 45.6 Å². The zero-order chi connectivity index (χ0) is 15.8. The second-order valence-electron chi connectivity index (χ2n) is 4.27. The lowest BCUT2D eigenvalue weighted by molar-refractivity contribution is -0.134. The van der Waals surface area contributed by atoms with Crippen LogP contribution in [0.2, 0.25) is 0 Å². The minimum Gasteiger partial charge on any atom is -0.492 e. The first-order valence-corrected chi connectivity index (χ1v) is 7.15. The largest absolute Gasteiger partial charge is 0.492 e. The van der Waals surface area contributed by atoms with Crippen LogP contribution >= 0.6 is 0 Å². The number of nitrogen functional groups attached to an aromatic ring is 1. The second kappa shape index (κ2) is 5.30. The third-order valence-corrected chi connectivity index (χ3v) is 4.58. The first-order valence-electron chi connectivity index (χ1n) is 5.71. The Balaban J connectivity index is 2.45. The number of carbonyl (C=O) groups excluding carboxylic acids is 2. The van der Waals surface area contributed by atoms with Crippen molar-refractivity contribution in [3.05, 3.63) is 17.9 Å². The Kier molecular flexibility index (Phi) is 3.83. The third-order valence-electron chi connectivity index (χ3n) is 2.81. The van der Waals surface area contributed by atoms with Gasteiger partial charge in [0.05, 0.1) is 30.8 Å². The van der Waals surface area contributed by atoms with Crippen molar-refractivity contribution in [3.8, 4) is 5.75 Å². The number of piperazine rings is 1. The highest BCUT2D eigenvalue weighted by atomic mass is 32.2. The van der Waals surface area contributed by atoms with Crippen molar-refractivity contribution >= 4 is 27.5 Å². The van der Waals surface area contributed by atoms with Crippen LogP contribution < -0.4 is 15.8 Å². The molecule has 10 heteroatoms. The number of methoxy groups -OCH3 is 1. The van der Waals surface area contributed by atoms with E-state index in [2.05, 4.69) is 0 Å². The number of hydrogen-bond acceptors (Lipinski definition) is 6. The number of hydrogen-bond donors (Lipinski definition) is 2. The van der Waals surface area contributed by atoms with Crippen LogP contribution in [0.5, 0.6) is 5.75 Å². The molecule has 0 radical (unpaired) electrons. The average Bonchev–Trinajstić information content (AvgIpc) is 2.37. The Morgan fingerprint density at radius 2 is 1.86 bits per heavy atom. The van der Waals surface area contributed by atoms with Gasteiger partial charge < -0.3 is 10.5 Å². The van der Waals surface area contributed by atoms with E-state index in [1.807, 2.05) is 5.32 Å². The number of nitrogens with two attached hydrogens (primary N) is 1. The van der Waals surface area contributed by atoms with Crippen LogP contribution in [0.1, 0.15) is 0 Å². The maximum atomic E-state index is 13.7. The van der Waals surface area contributed by atoms with Crippen LogP contribution in [0.15, 0.2) is 17.0 Å². The van der Waals surface area contributed by atoms with Gasteiger partial charge in [0.15, 0.2) is 11.6 Å². The molecule has 0 atom stereocenters. The van der Waals surface area contributed by atoms with Crippen molar-refractivity contribution in [2.45, 2.75) is 4.90 Å². The molecule has 1 aromatic carbocycles. The number of carbonyl (C=O) groups is 2. The van der Waals surface area contributed by atoms with Crippen molar-refractivity contribution in [1.82, 2.24) is 9.62 Å². The number of nitrogens with zero attached hydrogens (tertiary/aromatic N) is 1. The van der Waals surface area contributed by atoms with Gasteiger partial charge >= 0.3 is 0 Å². The number of anilines is 1. The van der Waals surface area contributed by atoms with Crippen molar-refractivity contribution in [2.75, 3.05) is 25.9 Å². The van der Waals surface area contributed by atoms with Crippen LogP contribution in [0.4, 0.5) is 10.1 Å². The molecule has 2 rings (SSSR count). The molecule has 114 valence electrons. The van der Waals surface area contributed by atoms with Crippen LogP contribution in [0.25, 0.3) is 0 Å². The Bertz CT molecular complexity index is 680. The molecular weight excluding hydrogens is 305 g/mol. The van der Waals surface area contributed by atoms with E-state index >= 15 is 0 Å². The standard InChI is InChI=1S/C11H12FN3O5S/c1-20-11-7(12)2-6(3-8(11)13)21(18,19)15-4-9(16)14-10(17)5-15/h2-3H,4-5,13H2,1H3,(H,14,16,17). The fourth-order valence-electron chi connectivity index (χ4n) is 1.88. The molecule has 1 aromatic rings. The zero-order valence-corrected chi connectivity index (χ0v) is 11.7. The van der Waals surface area contributed by atoms with E-state index in [-0.39, 0.29) is 11.4 Å². The summed E-state index contributed by atoms with van der Waals surface area (Å²) in [4.78, 5) is 22.0. The van der Waals surface area contributed by atoms with Gasteiger partial charge in [-0.15, -0.1) is 0 Å². The smallest absolute Gasteiger partial charge is 0.244 e. The molecule has 0 spiro atoms. The predicted octanol–water partition coefficient (Wildman–Crippen LogP) is -0.936. The maximum Gasteiger partial charge on any atom is 0.244 e. The predicted molar refractivity (Wildman–Crippen MR) is 69.3 cm³/mol. The summed E-state index contributed by atoms with van der Waals surface area (Å²) < 4.78 is 43.7. The first-order chi connectivity index (χ1) is 9.75. The van der Waals surface area contributed by atoms with E-state index in [1.165, 1.54) is 7.11 Å². The monoisotopic (exact) mass is 317 g/mol. The lowest BCUT2D eigenvalue weighted by atomic mass is 10.3. The summed E-state index contributed by atoms with van der Waals surface area (Å²) in [6.45, 7) is -1.05. The average molecular weight is 317 g/mol. The molecule has 8 nitrogen and oxygen atoms in total. The molecule has 2 amide bonds. The number of benzene rings is 1. The third kappa shape index (κ3) is 2.81. The van der Waals surface area contributed by atoms with Gasteiger partial charge in [-0.3, -0.25) is 14.9 Å². The highest BCUT2D eigenvalue weighted by molar-refractivity contribution is 7.89. The number of sulfonamides is 1. The summed E-state index contributed by atoms with van der Waals surface area (Å²) in [6, 6.07) is 1.73. The number of rotatable bonds is 3. The summed E-state index contributed by atoms with van der Waals surface area (Å²) in [7, 11) is -3.03. The summed E-state index contributed by atoms with van der Waals surface area (Å²) in [5.74, 6) is -2.74. The number of imide groups is 1. The van der Waals surface area contributed by atoms with Gasteiger partial charge in [0.25, 0.3) is 0 Å². The number of ether oxygens (including phenoxy) is 1. The van der Waals surface area contributed by atoms with Gasteiger partial charge in [0, 0.05) is 0 Å². The van der Waals surface area contributed by atoms with E-state index in [0.29, 0.717) is 4.31 Å². The van der Waals surface area contributed by atoms with E-state index in [0.717, 1.165) is 12.1 Å². The molecule has 1 saturated heterocycles. The van der Waals surface area contributed by atoms with Gasteiger partial charge in [-0.1, -0.05) is 0 Å². The van der Waals surface area contributed by atoms with Crippen molar-refractivity contribution in [2.24, 2.45) is 0 Å². The summed E-state index contributed by atoms with van der Waals surface area (Å²) in [6.07, 6.45) is 0. The first kappa shape index (κ1) is 15.2. The summed E-state index contributed by atoms with van der Waals surface area (Å²) >= 11 is 0. The second-order valence-corrected chi connectivity index (χ2v) is 6.21. The molecular formula is C11H12FN3O5S. The lowest BCUT2D eigenvalue weighted by Gasteiger charge is -2.25. The molecule has 0 aliphatic carbocycles. The van der Waals surface area contributed by atoms with Crippen molar-refractivity contribution in [1.29, 1.82) is 0 Å². The van der Waals surface area contributed by atoms with Gasteiger partial charge in [-0.05, 0) is 12.1 Å². The summed E-state index contributed by atoms with van der Waals surface area (Å²) in [5, 5.41) is 1.97. The van der Waals surface area contributed by atoms with Crippen LogP contribution in [0, 0.1) is 5.82 Å². The Morgan fingerprint density at radius 3 is 2.33 bits per heavy atom. The fraction of sp³-hybridized carbons (Fsp3) is 0.273. The van der Waals surface area contributed by atoms with Crippen LogP contribution in [-0.4, -0.2) is 44.7 Å². The normalized spacial score (nSPS) is 16.7. The van der Waals surface area contributed by atoms with E-state index in [9.17, 15) is 22.4 Å². The molecule has 3 N–H and O–H groups in total. The summed E-state index contributed by atoms with van der Waals surface area (Å²) in [5.41, 5.74) is 5.31. The Labute approximate surface area is 119 Å². The van der Waals surface area contributed by atoms with Gasteiger partial charge in [0.1, 0.15) is 0 Å². The molecule has 21 heavy (non-hydrogen) atoms. The lowest BCUT2D eigenvalue weighted by Crippen LogP contribution is -2.53. The molecule has 0 aromatic heterocycles. The highest BCUT2D eigenvalue weighted by Gasteiger charge is 2.33. The zero-order valence-electron chi connectivity index (χ0n) is 10.9. The minimum atomic E-state index is -4.22. The fourth-order valence-corrected chi connectivity index (χ4v) is 3.28. The number of amides is 2. The Hall–Kier alpha value is -2.20.